The SMILES string of the molecule is CCCCCCCCCCCCCCCCC[N+](C)(C)CCOc1ccccc1. The minimum Gasteiger partial charge on any atom is -0.488 e. The molecule has 0 aromatic heterocycles. The van der Waals surface area contributed by atoms with Crippen LogP contribution in [0, 0.1) is 0 Å². The second kappa shape index (κ2) is 17.8. The van der Waals surface area contributed by atoms with Gasteiger partial charge in [0.15, 0.2) is 0 Å². The van der Waals surface area contributed by atoms with Gasteiger partial charge >= 0.3 is 0 Å². The van der Waals surface area contributed by atoms with Crippen molar-refractivity contribution in [1.82, 2.24) is 0 Å². The Morgan fingerprint density at radius 1 is 0.586 bits per heavy atom. The van der Waals surface area contributed by atoms with Crippen molar-refractivity contribution in [2.75, 3.05) is 33.8 Å². The fourth-order valence-electron chi connectivity index (χ4n) is 3.95. The molecular formula is C27H50NO+. The molecule has 1 rings (SSSR count). The molecule has 0 aliphatic carbocycles. The molecule has 0 bridgehead atoms. The third kappa shape index (κ3) is 16.5. The van der Waals surface area contributed by atoms with Crippen molar-refractivity contribution in [3.05, 3.63) is 30.3 Å². The first-order valence-corrected chi connectivity index (χ1v) is 12.6. The Morgan fingerprint density at radius 2 is 1.03 bits per heavy atom. The van der Waals surface area contributed by atoms with Gasteiger partial charge < -0.3 is 9.22 Å². The van der Waals surface area contributed by atoms with Crippen LogP contribution in [-0.2, 0) is 0 Å². The average Bonchev–Trinajstić information content (AvgIpc) is 2.71. The van der Waals surface area contributed by atoms with Crippen LogP contribution in [0.15, 0.2) is 30.3 Å². The first-order chi connectivity index (χ1) is 14.1. The molecular weight excluding hydrogens is 354 g/mol. The number of hydrogen-bond donors (Lipinski definition) is 0. The quantitative estimate of drug-likeness (QED) is 0.158. The molecule has 0 radical (unpaired) electrons. The molecule has 168 valence electrons. The number of para-hydroxylation sites is 1. The van der Waals surface area contributed by atoms with Gasteiger partial charge in [0.1, 0.15) is 18.9 Å². The van der Waals surface area contributed by atoms with E-state index in [1.807, 2.05) is 30.3 Å². The van der Waals surface area contributed by atoms with E-state index in [9.17, 15) is 0 Å². The maximum absolute atomic E-state index is 5.85. The van der Waals surface area contributed by atoms with Crippen LogP contribution >= 0.6 is 0 Å². The number of rotatable bonds is 20. The molecule has 1 aromatic rings. The number of benzene rings is 1. The first-order valence-electron chi connectivity index (χ1n) is 12.6. The Morgan fingerprint density at radius 3 is 1.52 bits per heavy atom. The molecule has 29 heavy (non-hydrogen) atoms. The van der Waals surface area contributed by atoms with Crippen molar-refractivity contribution in [2.45, 2.75) is 103 Å². The van der Waals surface area contributed by atoms with E-state index in [-0.39, 0.29) is 0 Å². The number of hydrogen-bond acceptors (Lipinski definition) is 1. The maximum atomic E-state index is 5.85. The Kier molecular flexibility index (Phi) is 16.0. The van der Waals surface area contributed by atoms with Crippen molar-refractivity contribution in [3.8, 4) is 5.75 Å². The summed E-state index contributed by atoms with van der Waals surface area (Å²) in [5.74, 6) is 0.986. The Hall–Kier alpha value is -1.02. The molecule has 0 saturated heterocycles. The van der Waals surface area contributed by atoms with E-state index in [0.29, 0.717) is 0 Å². The lowest BCUT2D eigenvalue weighted by Gasteiger charge is -2.29. The Bertz CT molecular complexity index is 457. The van der Waals surface area contributed by atoms with Gasteiger partial charge in [-0.3, -0.25) is 0 Å². The van der Waals surface area contributed by atoms with Gasteiger partial charge in [0.05, 0.1) is 20.6 Å². The summed E-state index contributed by atoms with van der Waals surface area (Å²) in [7, 11) is 4.66. The minimum absolute atomic E-state index is 0.801. The zero-order valence-corrected chi connectivity index (χ0v) is 20.0. The fraction of sp³-hybridized carbons (Fsp3) is 0.778. The van der Waals surface area contributed by atoms with E-state index < -0.39 is 0 Å². The molecule has 0 atom stereocenters. The van der Waals surface area contributed by atoms with E-state index in [2.05, 4.69) is 21.0 Å². The Labute approximate surface area is 182 Å². The molecule has 0 aliphatic rings. The highest BCUT2D eigenvalue weighted by molar-refractivity contribution is 5.20. The topological polar surface area (TPSA) is 9.23 Å². The van der Waals surface area contributed by atoms with Crippen LogP contribution in [-0.4, -0.2) is 38.3 Å². The molecule has 0 amide bonds. The summed E-state index contributed by atoms with van der Waals surface area (Å²) >= 11 is 0. The average molecular weight is 405 g/mol. The summed E-state index contributed by atoms with van der Waals surface area (Å²) in [6, 6.07) is 10.2. The molecule has 0 aliphatic heterocycles. The molecule has 2 nitrogen and oxygen atoms in total. The van der Waals surface area contributed by atoms with Crippen LogP contribution in [0.2, 0.25) is 0 Å². The van der Waals surface area contributed by atoms with Gasteiger partial charge in [-0.15, -0.1) is 0 Å². The molecule has 0 fully saturated rings. The number of ether oxygens (including phenoxy) is 1. The highest BCUT2D eigenvalue weighted by atomic mass is 16.5. The molecule has 2 heteroatoms. The lowest BCUT2D eigenvalue weighted by Crippen LogP contribution is -2.43. The predicted octanol–water partition coefficient (Wildman–Crippen LogP) is 8.01. The normalized spacial score (nSPS) is 11.7. The largest absolute Gasteiger partial charge is 0.488 e. The second-order valence-corrected chi connectivity index (χ2v) is 9.49. The van der Waals surface area contributed by atoms with Gasteiger partial charge in [-0.2, -0.15) is 0 Å². The summed E-state index contributed by atoms with van der Waals surface area (Å²) in [5.41, 5.74) is 0. The molecule has 0 N–H and O–H groups in total. The van der Waals surface area contributed by atoms with E-state index in [0.717, 1.165) is 23.4 Å². The molecule has 1 aromatic carbocycles. The monoisotopic (exact) mass is 404 g/mol. The highest BCUT2D eigenvalue weighted by Crippen LogP contribution is 2.14. The third-order valence-electron chi connectivity index (χ3n) is 6.08. The summed E-state index contributed by atoms with van der Waals surface area (Å²) < 4.78 is 6.92. The predicted molar refractivity (Wildman–Crippen MR) is 129 cm³/mol. The maximum Gasteiger partial charge on any atom is 0.137 e. The molecule has 0 saturated carbocycles. The minimum atomic E-state index is 0.801. The Balaban J connectivity index is 1.83. The van der Waals surface area contributed by atoms with Crippen LogP contribution in [0.4, 0.5) is 0 Å². The fourth-order valence-corrected chi connectivity index (χ4v) is 3.95. The standard InChI is InChI=1S/C27H50NO/c1-4-5-6-7-8-9-10-11-12-13-14-15-16-17-21-24-28(2,3)25-26-29-27-22-19-18-20-23-27/h18-20,22-23H,4-17,21,24-26H2,1-3H3/q+1. The number of nitrogens with zero attached hydrogens (tertiary/aromatic N) is 1. The summed E-state index contributed by atoms with van der Waals surface area (Å²) in [6.07, 6.45) is 21.5. The van der Waals surface area contributed by atoms with E-state index in [1.165, 1.54) is 103 Å². The van der Waals surface area contributed by atoms with Gasteiger partial charge in [0, 0.05) is 0 Å². The van der Waals surface area contributed by atoms with Crippen LogP contribution in [0.1, 0.15) is 103 Å². The lowest BCUT2D eigenvalue weighted by atomic mass is 10.0. The van der Waals surface area contributed by atoms with Crippen LogP contribution < -0.4 is 4.74 Å². The smallest absolute Gasteiger partial charge is 0.137 e. The van der Waals surface area contributed by atoms with Gasteiger partial charge in [-0.25, -0.2) is 0 Å². The number of quaternary nitrogens is 1. The molecule has 0 unspecified atom stereocenters. The zero-order valence-electron chi connectivity index (χ0n) is 20.0. The van der Waals surface area contributed by atoms with Crippen LogP contribution in [0.25, 0.3) is 0 Å². The van der Waals surface area contributed by atoms with Gasteiger partial charge in [0.2, 0.25) is 0 Å². The van der Waals surface area contributed by atoms with Crippen molar-refractivity contribution in [2.24, 2.45) is 0 Å². The summed E-state index contributed by atoms with van der Waals surface area (Å²) in [4.78, 5) is 0. The van der Waals surface area contributed by atoms with Crippen molar-refractivity contribution < 1.29 is 9.22 Å². The molecule has 0 heterocycles. The van der Waals surface area contributed by atoms with Gasteiger partial charge in [-0.1, -0.05) is 109 Å². The zero-order chi connectivity index (χ0) is 21.0. The second-order valence-electron chi connectivity index (χ2n) is 9.49. The van der Waals surface area contributed by atoms with Crippen LogP contribution in [0.5, 0.6) is 5.75 Å². The summed E-state index contributed by atoms with van der Waals surface area (Å²) in [5, 5.41) is 0. The number of unbranched alkanes of at least 4 members (excludes halogenated alkanes) is 14. The van der Waals surface area contributed by atoms with E-state index in [1.54, 1.807) is 0 Å². The van der Waals surface area contributed by atoms with Crippen molar-refractivity contribution in [1.29, 1.82) is 0 Å². The van der Waals surface area contributed by atoms with Crippen molar-refractivity contribution >= 4 is 0 Å². The third-order valence-corrected chi connectivity index (χ3v) is 6.08. The first kappa shape index (κ1) is 26.0. The summed E-state index contributed by atoms with van der Waals surface area (Å²) in [6.45, 7) is 5.43. The highest BCUT2D eigenvalue weighted by Gasteiger charge is 2.14. The molecule has 0 spiro atoms. The van der Waals surface area contributed by atoms with E-state index >= 15 is 0 Å². The van der Waals surface area contributed by atoms with Gasteiger partial charge in [-0.05, 0) is 25.0 Å². The van der Waals surface area contributed by atoms with Gasteiger partial charge in [0.25, 0.3) is 0 Å². The van der Waals surface area contributed by atoms with E-state index in [4.69, 9.17) is 4.74 Å². The van der Waals surface area contributed by atoms with Crippen molar-refractivity contribution in [3.63, 3.8) is 0 Å². The number of likely N-dealkylation sites (N-methyl/N-ethyl adjacent to an activating group) is 1. The van der Waals surface area contributed by atoms with Crippen LogP contribution in [0.3, 0.4) is 0 Å². The lowest BCUT2D eigenvalue weighted by molar-refractivity contribution is -0.890.